The van der Waals surface area contributed by atoms with E-state index in [1.165, 1.54) is 0 Å². The molecule has 0 amide bonds. The van der Waals surface area contributed by atoms with Crippen molar-refractivity contribution in [3.05, 3.63) is 42.6 Å². The zero-order valence-electron chi connectivity index (χ0n) is 9.84. The summed E-state index contributed by atoms with van der Waals surface area (Å²) in [5, 5.41) is 3.12. The predicted molar refractivity (Wildman–Crippen MR) is 70.3 cm³/mol. The summed E-state index contributed by atoms with van der Waals surface area (Å²) in [5.41, 5.74) is 2.39. The zero-order valence-corrected chi connectivity index (χ0v) is 9.84. The van der Waals surface area contributed by atoms with Gasteiger partial charge in [-0.1, -0.05) is 18.2 Å². The molecule has 1 aromatic heterocycles. The standard InChI is InChI=1S/C12H15N5O/c13-17-12-15-7-6-11(16-12)14-8-9-18-10-4-2-1-3-5-10/h1-7H,8-9,13H2,(H2,14,15,16,17). The average molecular weight is 245 g/mol. The maximum Gasteiger partial charge on any atom is 0.239 e. The number of rotatable bonds is 6. The minimum atomic E-state index is 0.379. The second kappa shape index (κ2) is 6.41. The van der Waals surface area contributed by atoms with Gasteiger partial charge in [-0.3, -0.25) is 5.43 Å². The van der Waals surface area contributed by atoms with E-state index in [1.54, 1.807) is 12.3 Å². The summed E-state index contributed by atoms with van der Waals surface area (Å²) in [6, 6.07) is 11.4. The molecule has 6 heteroatoms. The van der Waals surface area contributed by atoms with Gasteiger partial charge >= 0.3 is 0 Å². The number of nitrogens with one attached hydrogen (secondary N) is 2. The van der Waals surface area contributed by atoms with Crippen LogP contribution >= 0.6 is 0 Å². The monoisotopic (exact) mass is 245 g/mol. The first-order valence-corrected chi connectivity index (χ1v) is 5.60. The van der Waals surface area contributed by atoms with E-state index < -0.39 is 0 Å². The minimum Gasteiger partial charge on any atom is -0.492 e. The second-order valence-electron chi connectivity index (χ2n) is 3.50. The Bertz CT molecular complexity index is 477. The van der Waals surface area contributed by atoms with Crippen molar-refractivity contribution in [2.75, 3.05) is 23.9 Å². The summed E-state index contributed by atoms with van der Waals surface area (Å²) < 4.78 is 5.54. The maximum atomic E-state index is 5.54. The van der Waals surface area contributed by atoms with Crippen LogP contribution in [0.15, 0.2) is 42.6 Å². The highest BCUT2D eigenvalue weighted by atomic mass is 16.5. The van der Waals surface area contributed by atoms with Gasteiger partial charge in [0.25, 0.3) is 0 Å². The number of benzene rings is 1. The van der Waals surface area contributed by atoms with E-state index >= 15 is 0 Å². The molecule has 1 aromatic carbocycles. The molecule has 0 bridgehead atoms. The number of para-hydroxylation sites is 1. The highest BCUT2D eigenvalue weighted by Crippen LogP contribution is 2.08. The van der Waals surface area contributed by atoms with Crippen LogP contribution in [0, 0.1) is 0 Å². The summed E-state index contributed by atoms with van der Waals surface area (Å²) in [6.45, 7) is 1.20. The summed E-state index contributed by atoms with van der Waals surface area (Å²) in [7, 11) is 0. The number of ether oxygens (including phenoxy) is 1. The van der Waals surface area contributed by atoms with Gasteiger partial charge in [-0.25, -0.2) is 10.8 Å². The fraction of sp³-hybridized carbons (Fsp3) is 0.167. The zero-order chi connectivity index (χ0) is 12.6. The number of anilines is 2. The van der Waals surface area contributed by atoms with Gasteiger partial charge in [-0.05, 0) is 18.2 Å². The Hall–Kier alpha value is -2.34. The highest BCUT2D eigenvalue weighted by molar-refractivity contribution is 5.38. The van der Waals surface area contributed by atoms with Crippen molar-refractivity contribution in [2.45, 2.75) is 0 Å². The Labute approximate surface area is 105 Å². The van der Waals surface area contributed by atoms with E-state index in [1.807, 2.05) is 30.3 Å². The molecule has 0 aliphatic rings. The van der Waals surface area contributed by atoms with Crippen molar-refractivity contribution in [1.29, 1.82) is 0 Å². The third-order valence-corrected chi connectivity index (χ3v) is 2.20. The lowest BCUT2D eigenvalue weighted by Crippen LogP contribution is -2.14. The van der Waals surface area contributed by atoms with Gasteiger partial charge < -0.3 is 10.1 Å². The van der Waals surface area contributed by atoms with Crippen LogP contribution in [-0.4, -0.2) is 23.1 Å². The van der Waals surface area contributed by atoms with Gasteiger partial charge in [-0.15, -0.1) is 0 Å². The van der Waals surface area contributed by atoms with E-state index in [4.69, 9.17) is 10.6 Å². The van der Waals surface area contributed by atoms with Gasteiger partial charge in [0, 0.05) is 6.20 Å². The van der Waals surface area contributed by atoms with Crippen LogP contribution in [0.4, 0.5) is 11.8 Å². The molecule has 0 atom stereocenters. The third-order valence-electron chi connectivity index (χ3n) is 2.20. The first kappa shape index (κ1) is 12.1. The lowest BCUT2D eigenvalue weighted by Gasteiger charge is -2.08. The number of hydrazine groups is 1. The van der Waals surface area contributed by atoms with Crippen LogP contribution in [0.25, 0.3) is 0 Å². The van der Waals surface area contributed by atoms with Gasteiger partial charge in [0.15, 0.2) is 0 Å². The molecule has 0 spiro atoms. The Morgan fingerprint density at radius 3 is 2.78 bits per heavy atom. The summed E-state index contributed by atoms with van der Waals surface area (Å²) in [6.07, 6.45) is 1.63. The highest BCUT2D eigenvalue weighted by Gasteiger charge is 1.97. The van der Waals surface area contributed by atoms with Crippen molar-refractivity contribution in [3.63, 3.8) is 0 Å². The normalized spacial score (nSPS) is 9.83. The molecular formula is C12H15N5O. The van der Waals surface area contributed by atoms with Gasteiger partial charge in [0.2, 0.25) is 5.95 Å². The SMILES string of the molecule is NNc1nccc(NCCOc2ccccc2)n1. The van der Waals surface area contributed by atoms with E-state index in [0.29, 0.717) is 24.9 Å². The van der Waals surface area contributed by atoms with Crippen LogP contribution in [0.3, 0.4) is 0 Å². The summed E-state index contributed by atoms with van der Waals surface area (Å²) in [4.78, 5) is 8.04. The molecule has 2 aromatic rings. The van der Waals surface area contributed by atoms with Crippen LogP contribution in [0.1, 0.15) is 0 Å². The molecule has 0 aliphatic carbocycles. The third kappa shape index (κ3) is 3.60. The first-order chi connectivity index (χ1) is 8.88. The lowest BCUT2D eigenvalue weighted by atomic mass is 10.3. The van der Waals surface area contributed by atoms with Crippen LogP contribution in [0.2, 0.25) is 0 Å². The molecule has 0 saturated carbocycles. The van der Waals surface area contributed by atoms with E-state index in [9.17, 15) is 0 Å². The van der Waals surface area contributed by atoms with Gasteiger partial charge in [-0.2, -0.15) is 4.98 Å². The van der Waals surface area contributed by atoms with Crippen molar-refractivity contribution in [1.82, 2.24) is 9.97 Å². The number of nitrogens with zero attached hydrogens (tertiary/aromatic N) is 2. The fourth-order valence-electron chi connectivity index (χ4n) is 1.39. The Morgan fingerprint density at radius 2 is 2.00 bits per heavy atom. The molecule has 0 saturated heterocycles. The van der Waals surface area contributed by atoms with Crippen molar-refractivity contribution in [2.24, 2.45) is 5.84 Å². The predicted octanol–water partition coefficient (Wildman–Crippen LogP) is 1.25. The largest absolute Gasteiger partial charge is 0.492 e. The quantitative estimate of drug-likeness (QED) is 0.403. The van der Waals surface area contributed by atoms with Crippen molar-refractivity contribution in [3.8, 4) is 5.75 Å². The van der Waals surface area contributed by atoms with Gasteiger partial charge in [0.05, 0.1) is 6.54 Å². The average Bonchev–Trinajstić information content (AvgIpc) is 2.45. The molecule has 18 heavy (non-hydrogen) atoms. The second-order valence-corrected chi connectivity index (χ2v) is 3.50. The molecule has 0 unspecified atom stereocenters. The lowest BCUT2D eigenvalue weighted by molar-refractivity contribution is 0.333. The van der Waals surface area contributed by atoms with E-state index in [-0.39, 0.29) is 0 Å². The van der Waals surface area contributed by atoms with Crippen LogP contribution in [-0.2, 0) is 0 Å². The Balaban J connectivity index is 1.75. The molecule has 0 fully saturated rings. The number of hydrogen-bond acceptors (Lipinski definition) is 6. The molecule has 0 aliphatic heterocycles. The number of nitrogen functional groups attached to an aromatic ring is 1. The molecule has 4 N–H and O–H groups in total. The fourth-order valence-corrected chi connectivity index (χ4v) is 1.39. The Kier molecular flexibility index (Phi) is 4.32. The Morgan fingerprint density at radius 1 is 1.17 bits per heavy atom. The molecule has 2 rings (SSSR count). The summed E-state index contributed by atoms with van der Waals surface area (Å²) >= 11 is 0. The van der Waals surface area contributed by atoms with E-state index in [2.05, 4.69) is 20.7 Å². The number of aromatic nitrogens is 2. The first-order valence-electron chi connectivity index (χ1n) is 5.60. The summed E-state index contributed by atoms with van der Waals surface area (Å²) in [5.74, 6) is 7.16. The van der Waals surface area contributed by atoms with E-state index in [0.717, 1.165) is 5.75 Å². The smallest absolute Gasteiger partial charge is 0.239 e. The minimum absolute atomic E-state index is 0.379. The van der Waals surface area contributed by atoms with Crippen molar-refractivity contribution < 1.29 is 4.74 Å². The molecule has 6 nitrogen and oxygen atoms in total. The maximum absolute atomic E-state index is 5.54. The molecule has 1 heterocycles. The topological polar surface area (TPSA) is 85.1 Å². The van der Waals surface area contributed by atoms with Crippen molar-refractivity contribution >= 4 is 11.8 Å². The molecule has 94 valence electrons. The molecule has 0 radical (unpaired) electrons. The molecular weight excluding hydrogens is 230 g/mol. The number of nitrogens with two attached hydrogens (primary N) is 1. The number of hydrogen-bond donors (Lipinski definition) is 3. The van der Waals surface area contributed by atoms with Crippen LogP contribution < -0.4 is 21.3 Å². The van der Waals surface area contributed by atoms with Gasteiger partial charge in [0.1, 0.15) is 18.2 Å². The van der Waals surface area contributed by atoms with Crippen LogP contribution in [0.5, 0.6) is 5.75 Å².